The molecule has 0 aliphatic carbocycles. The van der Waals surface area contributed by atoms with Gasteiger partial charge in [-0.15, -0.1) is 0 Å². The molecule has 0 saturated carbocycles. The van der Waals surface area contributed by atoms with Crippen LogP contribution < -0.4 is 16.2 Å². The predicted molar refractivity (Wildman–Crippen MR) is 112 cm³/mol. The molecule has 10 nitrogen and oxygen atoms in total. The molecule has 0 bridgehead atoms. The van der Waals surface area contributed by atoms with Crippen molar-refractivity contribution >= 4 is 22.7 Å². The minimum Gasteiger partial charge on any atom is -0.463 e. The van der Waals surface area contributed by atoms with E-state index >= 15 is 0 Å². The number of nitrogens with two attached hydrogens (primary N) is 1. The smallest absolute Gasteiger partial charge is 0.328 e. The molecule has 1 aliphatic rings. The van der Waals surface area contributed by atoms with Gasteiger partial charge in [0.1, 0.15) is 12.1 Å². The second-order valence-electron chi connectivity index (χ2n) is 7.37. The van der Waals surface area contributed by atoms with E-state index in [2.05, 4.69) is 31.9 Å². The van der Waals surface area contributed by atoms with E-state index in [0.717, 1.165) is 25.8 Å². The summed E-state index contributed by atoms with van der Waals surface area (Å²) in [5.74, 6) is 0.185. The van der Waals surface area contributed by atoms with Crippen LogP contribution in [0.15, 0.2) is 9.95 Å². The molecule has 2 aromatic rings. The number of imidazole rings is 1. The molecule has 29 heavy (non-hydrogen) atoms. The number of likely N-dealkylation sites (tertiary alicyclic amines) is 1. The molecule has 0 unspecified atom stereocenters. The first-order valence-electron chi connectivity index (χ1n) is 10.3. The number of nitrogen functional groups attached to an aromatic ring is 1. The second-order valence-corrected chi connectivity index (χ2v) is 7.37. The molecule has 1 aliphatic heterocycles. The molecule has 1 fully saturated rings. The van der Waals surface area contributed by atoms with Gasteiger partial charge in [-0.2, -0.15) is 9.97 Å². The summed E-state index contributed by atoms with van der Waals surface area (Å²) < 4.78 is 7.01. The number of unbranched alkanes of at least 4 members (excludes halogenated alkanes) is 1. The molecule has 0 aromatic carbocycles. The third-order valence-corrected chi connectivity index (χ3v) is 4.88. The van der Waals surface area contributed by atoms with E-state index in [-0.39, 0.29) is 24.1 Å². The molecule has 0 radical (unpaired) electrons. The molecule has 10 heteroatoms. The summed E-state index contributed by atoms with van der Waals surface area (Å²) in [5.41, 5.74) is 7.11. The molecule has 3 heterocycles. The average Bonchev–Trinajstić information content (AvgIpc) is 3.31. The van der Waals surface area contributed by atoms with Crippen molar-refractivity contribution in [3.8, 4) is 6.01 Å². The Kier molecular flexibility index (Phi) is 7.45. The number of rotatable bonds is 11. The third-order valence-electron chi connectivity index (χ3n) is 4.88. The Bertz CT molecular complexity index is 884. The van der Waals surface area contributed by atoms with Crippen LogP contribution in [0, 0.1) is 0 Å². The number of hydrogen-bond acceptors (Lipinski definition) is 8. The summed E-state index contributed by atoms with van der Waals surface area (Å²) in [4.78, 5) is 31.4. The molecule has 3 rings (SSSR count). The van der Waals surface area contributed by atoms with Gasteiger partial charge in [0.25, 0.3) is 0 Å². The number of hydrogen-bond donors (Lipinski definition) is 2. The topological polar surface area (TPSA) is 124 Å². The van der Waals surface area contributed by atoms with Gasteiger partial charge in [0.05, 0.1) is 18.9 Å². The van der Waals surface area contributed by atoms with Gasteiger partial charge in [0.2, 0.25) is 0 Å². The van der Waals surface area contributed by atoms with Crippen molar-refractivity contribution in [1.82, 2.24) is 24.4 Å². The summed E-state index contributed by atoms with van der Waals surface area (Å²) in [7, 11) is 0. The lowest BCUT2D eigenvalue weighted by Gasteiger charge is -2.13. The van der Waals surface area contributed by atoms with Crippen LogP contribution in [-0.4, -0.2) is 63.0 Å². The van der Waals surface area contributed by atoms with E-state index in [9.17, 15) is 4.79 Å². The molecule has 0 amide bonds. The standard InChI is InChI=1S/C19H31N7O3/c1-3-4-11-28-18-22-16(20)15-17(23-18)26(19(27)21-15)13-14(2)24-29-12-7-10-25-8-5-6-9-25/h3-13H2,1-2H3,(H,21,27)(H2,20,22,23)/b24-14-. The van der Waals surface area contributed by atoms with Crippen LogP contribution in [0.2, 0.25) is 0 Å². The van der Waals surface area contributed by atoms with Crippen molar-refractivity contribution in [2.75, 3.05) is 38.6 Å². The lowest BCUT2D eigenvalue weighted by atomic mass is 10.4. The van der Waals surface area contributed by atoms with E-state index in [1.54, 1.807) is 0 Å². The van der Waals surface area contributed by atoms with Gasteiger partial charge in [0.15, 0.2) is 11.5 Å². The van der Waals surface area contributed by atoms with Gasteiger partial charge in [-0.25, -0.2) is 4.79 Å². The summed E-state index contributed by atoms with van der Waals surface area (Å²) in [6.45, 7) is 8.59. The molecule has 3 N–H and O–H groups in total. The van der Waals surface area contributed by atoms with Crippen LogP contribution in [0.1, 0.15) is 46.0 Å². The van der Waals surface area contributed by atoms with E-state index < -0.39 is 0 Å². The SMILES string of the molecule is CCCCOc1nc(N)c2[nH]c(=O)n(C/C(C)=N\OCCCN3CCCC3)c2n1. The van der Waals surface area contributed by atoms with Gasteiger partial charge in [0, 0.05) is 6.54 Å². The van der Waals surface area contributed by atoms with Crippen LogP contribution in [0.5, 0.6) is 6.01 Å². The van der Waals surface area contributed by atoms with E-state index in [1.807, 2.05) is 6.92 Å². The zero-order valence-corrected chi connectivity index (χ0v) is 17.3. The highest BCUT2D eigenvalue weighted by Gasteiger charge is 2.15. The highest BCUT2D eigenvalue weighted by atomic mass is 16.6. The van der Waals surface area contributed by atoms with E-state index in [4.69, 9.17) is 15.3 Å². The highest BCUT2D eigenvalue weighted by molar-refractivity contribution is 5.85. The van der Waals surface area contributed by atoms with Gasteiger partial charge in [-0.1, -0.05) is 18.5 Å². The van der Waals surface area contributed by atoms with Crippen molar-refractivity contribution in [3.63, 3.8) is 0 Å². The first-order chi connectivity index (χ1) is 14.1. The summed E-state index contributed by atoms with van der Waals surface area (Å²) in [6.07, 6.45) is 5.41. The molecule has 160 valence electrons. The molecular weight excluding hydrogens is 374 g/mol. The Morgan fingerprint density at radius 3 is 2.79 bits per heavy atom. The maximum absolute atomic E-state index is 12.4. The largest absolute Gasteiger partial charge is 0.463 e. The number of nitrogens with zero attached hydrogens (tertiary/aromatic N) is 5. The van der Waals surface area contributed by atoms with Gasteiger partial charge < -0.3 is 25.2 Å². The number of oxime groups is 1. The van der Waals surface area contributed by atoms with Crippen molar-refractivity contribution < 1.29 is 9.57 Å². The van der Waals surface area contributed by atoms with Gasteiger partial charge in [-0.05, 0) is 45.7 Å². The molecule has 1 saturated heterocycles. The second kappa shape index (κ2) is 10.2. The van der Waals surface area contributed by atoms with E-state index in [0.29, 0.717) is 30.1 Å². The Balaban J connectivity index is 1.61. The molecular formula is C19H31N7O3. The predicted octanol–water partition coefficient (Wildman–Crippen LogP) is 1.76. The maximum Gasteiger partial charge on any atom is 0.328 e. The van der Waals surface area contributed by atoms with Crippen molar-refractivity contribution in [2.24, 2.45) is 5.16 Å². The number of aromatic nitrogens is 4. The van der Waals surface area contributed by atoms with Crippen molar-refractivity contribution in [3.05, 3.63) is 10.5 Å². The van der Waals surface area contributed by atoms with Crippen LogP contribution in [-0.2, 0) is 11.4 Å². The minimum atomic E-state index is -0.324. The number of anilines is 1. The summed E-state index contributed by atoms with van der Waals surface area (Å²) in [6, 6.07) is 0.170. The fourth-order valence-corrected chi connectivity index (χ4v) is 3.32. The van der Waals surface area contributed by atoms with Gasteiger partial charge >= 0.3 is 11.7 Å². The maximum atomic E-state index is 12.4. The van der Waals surface area contributed by atoms with Crippen molar-refractivity contribution in [1.29, 1.82) is 0 Å². The van der Waals surface area contributed by atoms with Gasteiger partial charge in [-0.3, -0.25) is 4.57 Å². The zero-order chi connectivity index (χ0) is 20.6. The van der Waals surface area contributed by atoms with Crippen LogP contribution in [0.3, 0.4) is 0 Å². The number of nitrogens with one attached hydrogen (secondary N) is 1. The molecule has 0 spiro atoms. The summed E-state index contributed by atoms with van der Waals surface area (Å²) in [5, 5.41) is 4.14. The lowest BCUT2D eigenvalue weighted by molar-refractivity contribution is 0.131. The Morgan fingerprint density at radius 2 is 2.03 bits per heavy atom. The minimum absolute atomic E-state index is 0.170. The van der Waals surface area contributed by atoms with E-state index in [1.165, 1.54) is 30.5 Å². The lowest BCUT2D eigenvalue weighted by Crippen LogP contribution is -2.22. The normalized spacial score (nSPS) is 15.3. The Morgan fingerprint density at radius 1 is 1.24 bits per heavy atom. The monoisotopic (exact) mass is 405 g/mol. The molecule has 2 aromatic heterocycles. The van der Waals surface area contributed by atoms with Crippen LogP contribution in [0.25, 0.3) is 11.2 Å². The molecule has 0 atom stereocenters. The fourth-order valence-electron chi connectivity index (χ4n) is 3.32. The van der Waals surface area contributed by atoms with Crippen LogP contribution >= 0.6 is 0 Å². The number of ether oxygens (including phenoxy) is 1. The highest BCUT2D eigenvalue weighted by Crippen LogP contribution is 2.18. The third kappa shape index (κ3) is 5.69. The number of aromatic amines is 1. The van der Waals surface area contributed by atoms with Crippen LogP contribution in [0.4, 0.5) is 5.82 Å². The number of H-pyrrole nitrogens is 1. The number of fused-ring (bicyclic) bond motifs is 1. The first-order valence-corrected chi connectivity index (χ1v) is 10.3. The Labute approximate surface area is 170 Å². The Hall–Kier alpha value is -2.62. The first kappa shape index (κ1) is 21.1. The van der Waals surface area contributed by atoms with Crippen molar-refractivity contribution in [2.45, 2.75) is 52.5 Å². The summed E-state index contributed by atoms with van der Waals surface area (Å²) >= 11 is 0. The average molecular weight is 406 g/mol. The quantitative estimate of drug-likeness (QED) is 0.332. The fraction of sp³-hybridized carbons (Fsp3) is 0.684. The zero-order valence-electron chi connectivity index (χ0n) is 17.3.